The van der Waals surface area contributed by atoms with Gasteiger partial charge in [-0.2, -0.15) is 0 Å². The van der Waals surface area contributed by atoms with E-state index in [0.29, 0.717) is 12.0 Å². The molecule has 2 atom stereocenters. The summed E-state index contributed by atoms with van der Waals surface area (Å²) in [5, 5.41) is 6.21. The van der Waals surface area contributed by atoms with Crippen LogP contribution in [0.5, 0.6) is 0 Å². The molecule has 5 heteroatoms. The van der Waals surface area contributed by atoms with Crippen LogP contribution in [-0.4, -0.2) is 37.2 Å². The summed E-state index contributed by atoms with van der Waals surface area (Å²) in [7, 11) is 0. The molecule has 0 radical (unpaired) electrons. The predicted molar refractivity (Wildman–Crippen MR) is 55.9 cm³/mol. The molecule has 1 heterocycles. The highest BCUT2D eigenvalue weighted by Crippen LogP contribution is 2.11. The molecule has 0 aromatic heterocycles. The van der Waals surface area contributed by atoms with E-state index in [4.69, 9.17) is 5.73 Å². The Morgan fingerprint density at radius 3 is 3.08 bits per heavy atom. The molecular formula is C8H17N3OS. The summed E-state index contributed by atoms with van der Waals surface area (Å²) < 4.78 is 0. The minimum atomic E-state index is 0.0398. The Morgan fingerprint density at radius 1 is 1.77 bits per heavy atom. The molecule has 4 nitrogen and oxygen atoms in total. The average Bonchev–Trinajstić information content (AvgIpc) is 2.61. The molecule has 1 aliphatic heterocycles. The number of carbonyl (C=O) groups excluding carboxylic acids is 1. The number of rotatable bonds is 3. The Labute approximate surface area is 83.0 Å². The van der Waals surface area contributed by atoms with Gasteiger partial charge in [-0.15, -0.1) is 0 Å². The highest BCUT2D eigenvalue weighted by Gasteiger charge is 2.22. The zero-order chi connectivity index (χ0) is 9.68. The molecule has 1 aliphatic rings. The van der Waals surface area contributed by atoms with Gasteiger partial charge in [-0.05, 0) is 31.7 Å². The van der Waals surface area contributed by atoms with Crippen molar-refractivity contribution in [1.29, 1.82) is 0 Å². The summed E-state index contributed by atoms with van der Waals surface area (Å²) in [6.07, 6.45) is 2.85. The molecule has 0 aromatic carbocycles. The topological polar surface area (TPSA) is 67.2 Å². The molecule has 13 heavy (non-hydrogen) atoms. The number of hydrogen-bond acceptors (Lipinski definition) is 4. The molecule has 0 aliphatic carbocycles. The Bertz CT molecular complexity index is 177. The number of thioether (sulfide) groups is 1. The lowest BCUT2D eigenvalue weighted by molar-refractivity contribution is 0.260. The first-order valence-corrected chi connectivity index (χ1v) is 5.74. The maximum absolute atomic E-state index is 10.9. The molecule has 1 amide bonds. The third-order valence-corrected chi connectivity index (χ3v) is 2.84. The van der Waals surface area contributed by atoms with Crippen LogP contribution in [0.1, 0.15) is 6.42 Å². The van der Waals surface area contributed by atoms with Crippen LogP contribution in [-0.2, 0) is 0 Å². The number of amides is 1. The van der Waals surface area contributed by atoms with Crippen LogP contribution < -0.4 is 16.4 Å². The van der Waals surface area contributed by atoms with Crippen LogP contribution in [0.3, 0.4) is 0 Å². The van der Waals surface area contributed by atoms with Crippen molar-refractivity contribution >= 4 is 17.0 Å². The minimum Gasteiger partial charge on any atom is -0.345 e. The number of nitrogens with two attached hydrogens (primary N) is 1. The van der Waals surface area contributed by atoms with E-state index in [0.717, 1.165) is 26.1 Å². The second kappa shape index (κ2) is 5.47. The van der Waals surface area contributed by atoms with E-state index in [9.17, 15) is 4.79 Å². The Kier molecular flexibility index (Phi) is 4.55. The van der Waals surface area contributed by atoms with E-state index >= 15 is 0 Å². The maximum atomic E-state index is 10.9. The fourth-order valence-corrected chi connectivity index (χ4v) is 1.74. The predicted octanol–water partition coefficient (Wildman–Crippen LogP) is -0.00420. The third kappa shape index (κ3) is 3.54. The van der Waals surface area contributed by atoms with Gasteiger partial charge in [0.1, 0.15) is 0 Å². The van der Waals surface area contributed by atoms with Crippen molar-refractivity contribution in [2.75, 3.05) is 25.9 Å². The molecule has 76 valence electrons. The minimum absolute atomic E-state index is 0.0398. The van der Waals surface area contributed by atoms with Crippen molar-refractivity contribution < 1.29 is 4.79 Å². The molecular weight excluding hydrogens is 186 g/mol. The summed E-state index contributed by atoms with van der Waals surface area (Å²) in [6.45, 7) is 2.44. The lowest BCUT2D eigenvalue weighted by Gasteiger charge is -2.10. The van der Waals surface area contributed by atoms with Gasteiger partial charge in [0, 0.05) is 12.6 Å². The fourth-order valence-electron chi connectivity index (χ4n) is 1.52. The quantitative estimate of drug-likeness (QED) is 0.604. The summed E-state index contributed by atoms with van der Waals surface area (Å²) in [6, 6.07) is 0.407. The first-order valence-electron chi connectivity index (χ1n) is 4.51. The Hall–Kier alpha value is -0.260. The molecule has 0 unspecified atom stereocenters. The van der Waals surface area contributed by atoms with E-state index in [-0.39, 0.29) is 5.24 Å². The van der Waals surface area contributed by atoms with E-state index in [1.54, 1.807) is 6.26 Å². The van der Waals surface area contributed by atoms with Crippen LogP contribution in [0.2, 0.25) is 0 Å². The van der Waals surface area contributed by atoms with Crippen LogP contribution in [0.4, 0.5) is 4.79 Å². The number of carbonyl (C=O) groups is 1. The van der Waals surface area contributed by atoms with Gasteiger partial charge in [-0.25, -0.2) is 0 Å². The van der Waals surface area contributed by atoms with Gasteiger partial charge in [-0.1, -0.05) is 11.8 Å². The summed E-state index contributed by atoms with van der Waals surface area (Å²) in [4.78, 5) is 10.9. The van der Waals surface area contributed by atoms with E-state index < -0.39 is 0 Å². The van der Waals surface area contributed by atoms with Gasteiger partial charge in [0.25, 0.3) is 5.24 Å². The van der Waals surface area contributed by atoms with E-state index in [2.05, 4.69) is 10.6 Å². The van der Waals surface area contributed by atoms with Crippen LogP contribution in [0.25, 0.3) is 0 Å². The van der Waals surface area contributed by atoms with Crippen molar-refractivity contribution in [1.82, 2.24) is 10.6 Å². The van der Waals surface area contributed by atoms with Crippen LogP contribution >= 0.6 is 11.8 Å². The van der Waals surface area contributed by atoms with Gasteiger partial charge in [0.15, 0.2) is 0 Å². The maximum Gasteiger partial charge on any atom is 0.278 e. The standard InChI is InChI=1S/C8H17N3OS/c1-13-8(12)11-5-7-2-6(3-9)4-10-7/h6-7,10H,2-5,9H2,1H3,(H,11,12)/t6-,7-/m0/s1. The summed E-state index contributed by atoms with van der Waals surface area (Å²) >= 11 is 1.21. The number of nitrogens with one attached hydrogen (secondary N) is 2. The van der Waals surface area contributed by atoms with Crippen LogP contribution in [0.15, 0.2) is 0 Å². The summed E-state index contributed by atoms with van der Waals surface area (Å²) in [5.41, 5.74) is 5.55. The normalized spacial score (nSPS) is 27.5. The number of hydrogen-bond donors (Lipinski definition) is 3. The van der Waals surface area contributed by atoms with E-state index in [1.165, 1.54) is 11.8 Å². The van der Waals surface area contributed by atoms with Gasteiger partial charge < -0.3 is 16.4 Å². The lowest BCUT2D eigenvalue weighted by atomic mass is 10.1. The first kappa shape index (κ1) is 10.8. The van der Waals surface area contributed by atoms with Gasteiger partial charge in [0.2, 0.25) is 0 Å². The summed E-state index contributed by atoms with van der Waals surface area (Å²) in [5.74, 6) is 0.580. The Morgan fingerprint density at radius 2 is 2.54 bits per heavy atom. The average molecular weight is 203 g/mol. The monoisotopic (exact) mass is 203 g/mol. The molecule has 1 fully saturated rings. The largest absolute Gasteiger partial charge is 0.345 e. The SMILES string of the molecule is CSC(=O)NC[C@@H]1C[C@@H](CN)CN1. The molecule has 0 bridgehead atoms. The van der Waals surface area contributed by atoms with Crippen molar-refractivity contribution in [2.45, 2.75) is 12.5 Å². The third-order valence-electron chi connectivity index (χ3n) is 2.32. The second-order valence-corrected chi connectivity index (χ2v) is 4.09. The van der Waals surface area contributed by atoms with Crippen molar-refractivity contribution in [3.8, 4) is 0 Å². The molecule has 0 spiro atoms. The highest BCUT2D eigenvalue weighted by atomic mass is 32.2. The zero-order valence-electron chi connectivity index (χ0n) is 7.88. The Balaban J connectivity index is 2.13. The van der Waals surface area contributed by atoms with Crippen molar-refractivity contribution in [3.05, 3.63) is 0 Å². The second-order valence-electron chi connectivity index (χ2n) is 3.32. The zero-order valence-corrected chi connectivity index (χ0v) is 8.69. The van der Waals surface area contributed by atoms with Crippen LogP contribution in [0, 0.1) is 5.92 Å². The van der Waals surface area contributed by atoms with Gasteiger partial charge >= 0.3 is 0 Å². The van der Waals surface area contributed by atoms with E-state index in [1.807, 2.05) is 0 Å². The van der Waals surface area contributed by atoms with Gasteiger partial charge in [0.05, 0.1) is 0 Å². The smallest absolute Gasteiger partial charge is 0.278 e. The molecule has 1 rings (SSSR count). The molecule has 0 aromatic rings. The molecule has 0 saturated carbocycles. The van der Waals surface area contributed by atoms with Crippen molar-refractivity contribution in [3.63, 3.8) is 0 Å². The van der Waals surface area contributed by atoms with Crippen molar-refractivity contribution in [2.24, 2.45) is 11.7 Å². The molecule has 1 saturated heterocycles. The lowest BCUT2D eigenvalue weighted by Crippen LogP contribution is -2.35. The first-order chi connectivity index (χ1) is 6.26. The highest BCUT2D eigenvalue weighted by molar-refractivity contribution is 8.12. The molecule has 4 N–H and O–H groups in total. The van der Waals surface area contributed by atoms with Gasteiger partial charge in [-0.3, -0.25) is 4.79 Å². The fraction of sp³-hybridized carbons (Fsp3) is 0.875.